The highest BCUT2D eigenvalue weighted by molar-refractivity contribution is 6.57. The predicted octanol–water partition coefficient (Wildman–Crippen LogP) is 6.47. The normalized spacial score (nSPS) is 21.7. The highest BCUT2D eigenvalue weighted by atomic mass is 35.5. The van der Waals surface area contributed by atoms with Gasteiger partial charge in [-0.3, -0.25) is 4.79 Å². The molecule has 1 fully saturated rings. The summed E-state index contributed by atoms with van der Waals surface area (Å²) in [5.74, 6) is -0.0545. The predicted molar refractivity (Wildman–Crippen MR) is 105 cm³/mol. The highest BCUT2D eigenvalue weighted by Gasteiger charge is 2.61. The molecule has 0 amide bonds. The fraction of sp³-hybridized carbons (Fsp3) is 0.381. The van der Waals surface area contributed by atoms with Crippen LogP contribution in [0.25, 0.3) is 6.08 Å². The minimum absolute atomic E-state index is 0.0637. The van der Waals surface area contributed by atoms with Crippen LogP contribution in [0.2, 0.25) is 0 Å². The zero-order valence-electron chi connectivity index (χ0n) is 15.1. The summed E-state index contributed by atoms with van der Waals surface area (Å²) in [6.45, 7) is 12.1. The molecule has 1 saturated carbocycles. The number of carbonyl (C=O) groups is 1. The molecule has 0 aliphatic heterocycles. The van der Waals surface area contributed by atoms with E-state index in [1.54, 1.807) is 12.2 Å². The van der Waals surface area contributed by atoms with Crippen molar-refractivity contribution in [3.63, 3.8) is 0 Å². The van der Waals surface area contributed by atoms with Crippen molar-refractivity contribution in [1.29, 1.82) is 0 Å². The lowest BCUT2D eigenvalue weighted by Crippen LogP contribution is -2.14. The van der Waals surface area contributed by atoms with Crippen LogP contribution in [0.5, 0.6) is 0 Å². The van der Waals surface area contributed by atoms with Gasteiger partial charge in [0.25, 0.3) is 0 Å². The Balaban J connectivity index is 2.10. The van der Waals surface area contributed by atoms with Crippen LogP contribution in [-0.4, -0.2) is 5.97 Å². The first-order valence-electron chi connectivity index (χ1n) is 8.27. The third-order valence-corrected chi connectivity index (χ3v) is 4.89. The molecule has 1 aromatic rings. The summed E-state index contributed by atoms with van der Waals surface area (Å²) in [5, 5.41) is 0. The lowest BCUT2D eigenvalue weighted by atomic mass is 10.1. The molecule has 2 nitrogen and oxygen atoms in total. The molecule has 0 saturated heterocycles. The summed E-state index contributed by atoms with van der Waals surface area (Å²) in [5.41, 5.74) is 2.90. The van der Waals surface area contributed by atoms with Crippen LogP contribution in [0.15, 0.2) is 53.1 Å². The Kier molecular flexibility index (Phi) is 6.18. The molecule has 1 aliphatic rings. The standard InChI is InChI=1S/C21H24Cl2O2/c1-6-17(15-9-7-14(8-10-15)12-18(22)23)25-20(24)19-16(11-13(2)3)21(19,4)5/h6-12,16-17,19H,1H2,2-5H3. The molecule has 3 atom stereocenters. The zero-order valence-corrected chi connectivity index (χ0v) is 16.6. The maximum Gasteiger partial charge on any atom is 0.311 e. The van der Waals surface area contributed by atoms with Gasteiger partial charge in [0, 0.05) is 0 Å². The SMILES string of the molecule is C=CC(OC(=O)C1C(C=C(C)C)C1(C)C)c1ccc(C=C(Cl)Cl)cc1. The van der Waals surface area contributed by atoms with E-state index in [-0.39, 0.29) is 27.7 Å². The third kappa shape index (κ3) is 4.77. The number of esters is 1. The summed E-state index contributed by atoms with van der Waals surface area (Å²) < 4.78 is 5.92. The fourth-order valence-corrected chi connectivity index (χ4v) is 3.41. The first-order chi connectivity index (χ1) is 11.7. The molecule has 0 heterocycles. The molecule has 1 aromatic carbocycles. The minimum atomic E-state index is -0.472. The zero-order chi connectivity index (χ0) is 18.8. The molecule has 134 valence electrons. The summed E-state index contributed by atoms with van der Waals surface area (Å²) in [6.07, 6.45) is 4.98. The van der Waals surface area contributed by atoms with Gasteiger partial charge in [0.15, 0.2) is 0 Å². The number of benzene rings is 1. The minimum Gasteiger partial charge on any atom is -0.453 e. The van der Waals surface area contributed by atoms with E-state index in [1.807, 2.05) is 38.1 Å². The smallest absolute Gasteiger partial charge is 0.311 e. The lowest BCUT2D eigenvalue weighted by molar-refractivity contribution is -0.149. The van der Waals surface area contributed by atoms with Crippen molar-refractivity contribution >= 4 is 35.2 Å². The topological polar surface area (TPSA) is 26.3 Å². The molecular formula is C21H24Cl2O2. The van der Waals surface area contributed by atoms with Crippen LogP contribution in [0.4, 0.5) is 0 Å². The van der Waals surface area contributed by atoms with Crippen molar-refractivity contribution in [3.05, 3.63) is 64.2 Å². The van der Waals surface area contributed by atoms with Gasteiger partial charge in [-0.05, 0) is 48.5 Å². The fourth-order valence-electron chi connectivity index (χ4n) is 3.16. The lowest BCUT2D eigenvalue weighted by Gasteiger charge is -2.15. The molecule has 0 N–H and O–H groups in total. The Hall–Kier alpha value is -1.51. The molecule has 2 rings (SSSR count). The van der Waals surface area contributed by atoms with Crippen LogP contribution in [0.3, 0.4) is 0 Å². The van der Waals surface area contributed by atoms with Gasteiger partial charge in [-0.25, -0.2) is 0 Å². The molecule has 4 heteroatoms. The molecule has 0 aromatic heterocycles. The van der Waals surface area contributed by atoms with Crippen LogP contribution >= 0.6 is 23.2 Å². The second kappa shape index (κ2) is 7.80. The van der Waals surface area contributed by atoms with Gasteiger partial charge in [0.1, 0.15) is 10.6 Å². The van der Waals surface area contributed by atoms with Gasteiger partial charge >= 0.3 is 5.97 Å². The number of rotatable bonds is 6. The van der Waals surface area contributed by atoms with Gasteiger partial charge in [0.2, 0.25) is 0 Å². The number of carbonyl (C=O) groups excluding carboxylic acids is 1. The number of ether oxygens (including phenoxy) is 1. The van der Waals surface area contributed by atoms with E-state index in [0.29, 0.717) is 0 Å². The van der Waals surface area contributed by atoms with E-state index in [0.717, 1.165) is 11.1 Å². The van der Waals surface area contributed by atoms with Crippen molar-refractivity contribution < 1.29 is 9.53 Å². The molecule has 0 radical (unpaired) electrons. The van der Waals surface area contributed by atoms with Gasteiger partial charge in [-0.1, -0.05) is 79.5 Å². The second-order valence-electron chi connectivity index (χ2n) is 7.26. The number of hydrogen-bond donors (Lipinski definition) is 0. The van der Waals surface area contributed by atoms with E-state index in [9.17, 15) is 4.79 Å². The van der Waals surface area contributed by atoms with Gasteiger partial charge < -0.3 is 4.74 Å². The van der Waals surface area contributed by atoms with E-state index in [1.165, 1.54) is 5.57 Å². The average molecular weight is 379 g/mol. The Morgan fingerprint density at radius 1 is 1.24 bits per heavy atom. The third-order valence-electron chi connectivity index (χ3n) is 4.68. The van der Waals surface area contributed by atoms with Crippen LogP contribution in [0.1, 0.15) is 44.9 Å². The van der Waals surface area contributed by atoms with E-state index < -0.39 is 6.10 Å². The van der Waals surface area contributed by atoms with Crippen LogP contribution in [0, 0.1) is 17.3 Å². The Morgan fingerprint density at radius 2 is 1.84 bits per heavy atom. The molecule has 3 unspecified atom stereocenters. The van der Waals surface area contributed by atoms with E-state index in [2.05, 4.69) is 26.5 Å². The quantitative estimate of drug-likeness (QED) is 0.418. The van der Waals surface area contributed by atoms with Crippen molar-refractivity contribution in [2.75, 3.05) is 0 Å². The van der Waals surface area contributed by atoms with Crippen LogP contribution < -0.4 is 0 Å². The first kappa shape index (κ1) is 19.8. The first-order valence-corrected chi connectivity index (χ1v) is 9.03. The van der Waals surface area contributed by atoms with Gasteiger partial charge in [-0.2, -0.15) is 0 Å². The van der Waals surface area contributed by atoms with E-state index >= 15 is 0 Å². The van der Waals surface area contributed by atoms with Gasteiger partial charge in [0.05, 0.1) is 5.92 Å². The number of halogens is 2. The molecule has 1 aliphatic carbocycles. The van der Waals surface area contributed by atoms with Crippen molar-refractivity contribution in [2.45, 2.75) is 33.8 Å². The maximum atomic E-state index is 12.6. The Morgan fingerprint density at radius 3 is 2.32 bits per heavy atom. The van der Waals surface area contributed by atoms with Crippen molar-refractivity contribution in [1.82, 2.24) is 0 Å². The number of hydrogen-bond acceptors (Lipinski definition) is 2. The average Bonchev–Trinajstić information content (AvgIpc) is 3.05. The molecular weight excluding hydrogens is 355 g/mol. The highest BCUT2D eigenvalue weighted by Crippen LogP contribution is 2.60. The monoisotopic (exact) mass is 378 g/mol. The van der Waals surface area contributed by atoms with Crippen LogP contribution in [-0.2, 0) is 9.53 Å². The summed E-state index contributed by atoms with van der Waals surface area (Å²) in [4.78, 5) is 12.6. The largest absolute Gasteiger partial charge is 0.453 e. The summed E-state index contributed by atoms with van der Waals surface area (Å²) in [6, 6.07) is 7.51. The van der Waals surface area contributed by atoms with Crippen molar-refractivity contribution in [3.8, 4) is 0 Å². The van der Waals surface area contributed by atoms with Gasteiger partial charge in [-0.15, -0.1) is 0 Å². The van der Waals surface area contributed by atoms with E-state index in [4.69, 9.17) is 27.9 Å². The summed E-state index contributed by atoms with van der Waals surface area (Å²) >= 11 is 11.3. The molecule has 0 bridgehead atoms. The van der Waals surface area contributed by atoms with Crippen molar-refractivity contribution in [2.24, 2.45) is 17.3 Å². The Bertz CT molecular complexity index is 706. The maximum absolute atomic E-state index is 12.6. The summed E-state index contributed by atoms with van der Waals surface area (Å²) in [7, 11) is 0. The second-order valence-corrected chi connectivity index (χ2v) is 8.27. The number of allylic oxidation sites excluding steroid dienone is 2. The molecule has 0 spiro atoms. The molecule has 25 heavy (non-hydrogen) atoms. The Labute approximate surface area is 160 Å².